The third-order valence-corrected chi connectivity index (χ3v) is 4.52. The standard InChI is InChI=1S/C23H26N4O/c1-17(2)27(16-19-9-5-4-6-10-19)23(28)21-12-13-22(26-25-21)24-15-20-11-7-8-18(3)14-20/h4-14,17H,15-16H2,1-3H3,(H,24,26). The molecular formula is C23H26N4O. The maximum atomic E-state index is 12.9. The molecular weight excluding hydrogens is 348 g/mol. The smallest absolute Gasteiger partial charge is 0.274 e. The Morgan fingerprint density at radius 2 is 1.71 bits per heavy atom. The minimum Gasteiger partial charge on any atom is -0.365 e. The van der Waals surface area contributed by atoms with Crippen molar-refractivity contribution in [3.63, 3.8) is 0 Å². The van der Waals surface area contributed by atoms with Crippen LogP contribution in [0.25, 0.3) is 0 Å². The van der Waals surface area contributed by atoms with Crippen molar-refractivity contribution in [3.8, 4) is 0 Å². The maximum Gasteiger partial charge on any atom is 0.274 e. The zero-order chi connectivity index (χ0) is 19.9. The number of carbonyl (C=O) groups is 1. The Morgan fingerprint density at radius 3 is 2.36 bits per heavy atom. The summed E-state index contributed by atoms with van der Waals surface area (Å²) in [5.74, 6) is 0.536. The highest BCUT2D eigenvalue weighted by atomic mass is 16.2. The first kappa shape index (κ1) is 19.5. The van der Waals surface area contributed by atoms with E-state index in [-0.39, 0.29) is 11.9 Å². The molecule has 0 saturated carbocycles. The lowest BCUT2D eigenvalue weighted by atomic mass is 10.1. The highest BCUT2D eigenvalue weighted by Crippen LogP contribution is 2.13. The first-order chi connectivity index (χ1) is 13.5. The molecule has 1 amide bonds. The molecule has 0 aliphatic heterocycles. The number of hydrogen-bond acceptors (Lipinski definition) is 4. The lowest BCUT2D eigenvalue weighted by Gasteiger charge is -2.26. The van der Waals surface area contributed by atoms with Gasteiger partial charge in [0.05, 0.1) is 0 Å². The van der Waals surface area contributed by atoms with Crippen LogP contribution in [0, 0.1) is 6.92 Å². The van der Waals surface area contributed by atoms with Crippen LogP contribution < -0.4 is 5.32 Å². The lowest BCUT2D eigenvalue weighted by molar-refractivity contribution is 0.0683. The molecule has 0 saturated heterocycles. The van der Waals surface area contributed by atoms with Crippen LogP contribution in [0.4, 0.5) is 5.82 Å². The van der Waals surface area contributed by atoms with Crippen molar-refractivity contribution in [2.75, 3.05) is 5.32 Å². The zero-order valence-electron chi connectivity index (χ0n) is 16.6. The second kappa shape index (κ2) is 9.13. The molecule has 144 valence electrons. The van der Waals surface area contributed by atoms with E-state index in [0.29, 0.717) is 24.6 Å². The van der Waals surface area contributed by atoms with Gasteiger partial charge < -0.3 is 10.2 Å². The number of carbonyl (C=O) groups excluding carboxylic acids is 1. The van der Waals surface area contributed by atoms with Crippen molar-refractivity contribution in [3.05, 3.63) is 89.1 Å². The van der Waals surface area contributed by atoms with Gasteiger partial charge in [-0.05, 0) is 44.0 Å². The Bertz CT molecular complexity index is 907. The summed E-state index contributed by atoms with van der Waals surface area (Å²) in [5, 5.41) is 11.6. The minimum atomic E-state index is -0.114. The zero-order valence-corrected chi connectivity index (χ0v) is 16.6. The van der Waals surface area contributed by atoms with E-state index in [4.69, 9.17) is 0 Å². The molecule has 1 heterocycles. The van der Waals surface area contributed by atoms with E-state index in [0.717, 1.165) is 5.56 Å². The summed E-state index contributed by atoms with van der Waals surface area (Å²) in [4.78, 5) is 14.7. The lowest BCUT2D eigenvalue weighted by Crippen LogP contribution is -2.37. The fraction of sp³-hybridized carbons (Fsp3) is 0.261. The van der Waals surface area contributed by atoms with Gasteiger partial charge in [-0.2, -0.15) is 0 Å². The Balaban J connectivity index is 1.66. The number of nitrogens with zero attached hydrogens (tertiary/aromatic N) is 3. The molecule has 0 aliphatic rings. The molecule has 3 aromatic rings. The third-order valence-electron chi connectivity index (χ3n) is 4.52. The molecule has 2 aromatic carbocycles. The van der Waals surface area contributed by atoms with E-state index >= 15 is 0 Å². The fourth-order valence-electron chi connectivity index (χ4n) is 2.97. The van der Waals surface area contributed by atoms with E-state index < -0.39 is 0 Å². The van der Waals surface area contributed by atoms with Gasteiger partial charge >= 0.3 is 0 Å². The average Bonchev–Trinajstić information content (AvgIpc) is 2.71. The van der Waals surface area contributed by atoms with E-state index in [1.54, 1.807) is 17.0 Å². The van der Waals surface area contributed by atoms with Crippen LogP contribution in [-0.2, 0) is 13.1 Å². The number of nitrogens with one attached hydrogen (secondary N) is 1. The predicted molar refractivity (Wildman–Crippen MR) is 112 cm³/mol. The summed E-state index contributed by atoms with van der Waals surface area (Å²) in [6.45, 7) is 7.29. The van der Waals surface area contributed by atoms with Gasteiger partial charge in [-0.25, -0.2) is 0 Å². The largest absolute Gasteiger partial charge is 0.365 e. The molecule has 0 bridgehead atoms. The average molecular weight is 374 g/mol. The Kier molecular flexibility index (Phi) is 6.37. The van der Waals surface area contributed by atoms with Gasteiger partial charge in [0.15, 0.2) is 5.69 Å². The topological polar surface area (TPSA) is 58.1 Å². The maximum absolute atomic E-state index is 12.9. The van der Waals surface area contributed by atoms with E-state index in [2.05, 4.69) is 40.6 Å². The monoisotopic (exact) mass is 374 g/mol. The summed E-state index contributed by atoms with van der Waals surface area (Å²) >= 11 is 0. The Labute approximate surface area is 166 Å². The molecule has 0 radical (unpaired) electrons. The van der Waals surface area contributed by atoms with Gasteiger partial charge in [0, 0.05) is 19.1 Å². The van der Waals surface area contributed by atoms with Gasteiger partial charge in [-0.3, -0.25) is 4.79 Å². The highest BCUT2D eigenvalue weighted by Gasteiger charge is 2.20. The second-order valence-corrected chi connectivity index (χ2v) is 7.16. The summed E-state index contributed by atoms with van der Waals surface area (Å²) in [7, 11) is 0. The number of aromatic nitrogens is 2. The van der Waals surface area contributed by atoms with Crippen molar-refractivity contribution in [1.29, 1.82) is 0 Å². The van der Waals surface area contributed by atoms with Gasteiger partial charge in [-0.15, -0.1) is 10.2 Å². The van der Waals surface area contributed by atoms with Gasteiger partial charge in [-0.1, -0.05) is 60.2 Å². The number of anilines is 1. The molecule has 1 aromatic heterocycles. The summed E-state index contributed by atoms with van der Waals surface area (Å²) in [5.41, 5.74) is 3.84. The second-order valence-electron chi connectivity index (χ2n) is 7.16. The minimum absolute atomic E-state index is 0.0635. The number of amides is 1. The molecule has 5 nitrogen and oxygen atoms in total. The Morgan fingerprint density at radius 1 is 0.964 bits per heavy atom. The predicted octanol–water partition coefficient (Wildman–Crippen LogP) is 4.45. The van der Waals surface area contributed by atoms with Crippen LogP contribution in [0.2, 0.25) is 0 Å². The molecule has 0 unspecified atom stereocenters. The summed E-state index contributed by atoms with van der Waals surface area (Å²) in [6.07, 6.45) is 0. The highest BCUT2D eigenvalue weighted by molar-refractivity contribution is 5.92. The SMILES string of the molecule is Cc1cccc(CNc2ccc(C(=O)N(Cc3ccccc3)C(C)C)nn2)c1. The quantitative estimate of drug-likeness (QED) is 0.664. The molecule has 1 N–H and O–H groups in total. The van der Waals surface area contributed by atoms with Crippen LogP contribution >= 0.6 is 0 Å². The molecule has 5 heteroatoms. The van der Waals surface area contributed by atoms with Crippen molar-refractivity contribution in [2.24, 2.45) is 0 Å². The van der Waals surface area contributed by atoms with Crippen LogP contribution in [-0.4, -0.2) is 27.0 Å². The van der Waals surface area contributed by atoms with Crippen LogP contribution in [0.5, 0.6) is 0 Å². The molecule has 0 spiro atoms. The first-order valence-electron chi connectivity index (χ1n) is 9.51. The van der Waals surface area contributed by atoms with E-state index in [9.17, 15) is 4.79 Å². The van der Waals surface area contributed by atoms with Crippen molar-refractivity contribution in [1.82, 2.24) is 15.1 Å². The molecule has 3 rings (SSSR count). The number of aryl methyl sites for hydroxylation is 1. The van der Waals surface area contributed by atoms with Crippen molar-refractivity contribution < 1.29 is 4.79 Å². The summed E-state index contributed by atoms with van der Waals surface area (Å²) < 4.78 is 0. The van der Waals surface area contributed by atoms with Gasteiger partial charge in [0.2, 0.25) is 0 Å². The Hall–Kier alpha value is -3.21. The fourth-order valence-corrected chi connectivity index (χ4v) is 2.97. The number of benzene rings is 2. The van der Waals surface area contributed by atoms with Crippen molar-refractivity contribution in [2.45, 2.75) is 39.9 Å². The molecule has 0 fully saturated rings. The van der Waals surface area contributed by atoms with Gasteiger partial charge in [0.1, 0.15) is 5.82 Å². The van der Waals surface area contributed by atoms with Gasteiger partial charge in [0.25, 0.3) is 5.91 Å². The van der Waals surface area contributed by atoms with E-state index in [1.807, 2.05) is 50.2 Å². The van der Waals surface area contributed by atoms with Crippen LogP contribution in [0.3, 0.4) is 0 Å². The number of hydrogen-bond donors (Lipinski definition) is 1. The molecule has 0 atom stereocenters. The van der Waals surface area contributed by atoms with Crippen LogP contribution in [0.1, 0.15) is 41.0 Å². The van der Waals surface area contributed by atoms with Crippen molar-refractivity contribution >= 4 is 11.7 Å². The first-order valence-corrected chi connectivity index (χ1v) is 9.51. The third kappa shape index (κ3) is 5.16. The molecule has 28 heavy (non-hydrogen) atoms. The summed E-state index contributed by atoms with van der Waals surface area (Å²) in [6, 6.07) is 21.9. The van der Waals surface area contributed by atoms with E-state index in [1.165, 1.54) is 11.1 Å². The van der Waals surface area contributed by atoms with Crippen LogP contribution in [0.15, 0.2) is 66.7 Å². The molecule has 0 aliphatic carbocycles. The number of rotatable bonds is 7. The normalized spacial score (nSPS) is 10.7.